The minimum atomic E-state index is -0.291. The second-order valence-electron chi connectivity index (χ2n) is 6.66. The number of ether oxygens (including phenoxy) is 1. The highest BCUT2D eigenvalue weighted by Crippen LogP contribution is 2.46. The Balaban J connectivity index is 1.78. The smallest absolute Gasteiger partial charge is 0.196 e. The molecule has 0 amide bonds. The van der Waals surface area contributed by atoms with E-state index in [1.54, 1.807) is 30.3 Å². The molecule has 0 fully saturated rings. The quantitative estimate of drug-likeness (QED) is 0.626. The Kier molecular flexibility index (Phi) is 4.02. The molecule has 3 aliphatic rings. The first-order valence-corrected chi connectivity index (χ1v) is 10.1. The normalized spacial score (nSPS) is 18.5. The largest absolute Gasteiger partial charge is 0.478 e. The van der Waals surface area contributed by atoms with Crippen LogP contribution in [0, 0.1) is 0 Å². The van der Waals surface area contributed by atoms with Crippen LogP contribution in [-0.2, 0) is 0 Å². The van der Waals surface area contributed by atoms with Crippen molar-refractivity contribution in [1.29, 1.82) is 0 Å². The SMILES string of the molecule is O=C1c2ccccc2C(=O)c2c3c(cc(NCCBr)c21)OC1C=CC=CC1=N3. The van der Waals surface area contributed by atoms with Crippen molar-refractivity contribution in [2.45, 2.75) is 6.10 Å². The van der Waals surface area contributed by atoms with Crippen LogP contribution in [0.25, 0.3) is 0 Å². The minimum absolute atomic E-state index is 0.175. The zero-order chi connectivity index (χ0) is 19.3. The summed E-state index contributed by atoms with van der Waals surface area (Å²) in [7, 11) is 0. The molecular weight excluding hydrogens is 420 g/mol. The van der Waals surface area contributed by atoms with Gasteiger partial charge in [0.05, 0.1) is 16.8 Å². The van der Waals surface area contributed by atoms with E-state index in [0.717, 1.165) is 5.71 Å². The number of alkyl halides is 1. The van der Waals surface area contributed by atoms with Gasteiger partial charge >= 0.3 is 0 Å². The van der Waals surface area contributed by atoms with E-state index in [4.69, 9.17) is 9.73 Å². The third kappa shape index (κ3) is 2.48. The molecule has 6 heteroatoms. The maximum absolute atomic E-state index is 13.4. The van der Waals surface area contributed by atoms with Crippen molar-refractivity contribution in [3.63, 3.8) is 0 Å². The summed E-state index contributed by atoms with van der Waals surface area (Å²) in [5.41, 5.74) is 3.24. The Morgan fingerprint density at radius 2 is 1.82 bits per heavy atom. The van der Waals surface area contributed by atoms with E-state index in [2.05, 4.69) is 21.2 Å². The van der Waals surface area contributed by atoms with Gasteiger partial charge in [0.25, 0.3) is 0 Å². The molecule has 2 aliphatic carbocycles. The van der Waals surface area contributed by atoms with Gasteiger partial charge in [-0.25, -0.2) is 4.99 Å². The van der Waals surface area contributed by atoms with E-state index >= 15 is 0 Å². The summed E-state index contributed by atoms with van der Waals surface area (Å²) >= 11 is 3.39. The molecule has 2 aromatic rings. The van der Waals surface area contributed by atoms with Gasteiger partial charge in [-0.1, -0.05) is 52.3 Å². The van der Waals surface area contributed by atoms with Gasteiger partial charge in [0.1, 0.15) is 11.4 Å². The van der Waals surface area contributed by atoms with Gasteiger partial charge in [0, 0.05) is 34.8 Å². The number of carbonyl (C=O) groups is 2. The maximum atomic E-state index is 13.4. The van der Waals surface area contributed by atoms with Crippen molar-refractivity contribution >= 4 is 44.6 Å². The molecule has 138 valence electrons. The van der Waals surface area contributed by atoms with Crippen LogP contribution in [0.1, 0.15) is 31.8 Å². The van der Waals surface area contributed by atoms with Crippen molar-refractivity contribution in [3.05, 3.63) is 76.9 Å². The molecule has 1 atom stereocenters. The molecule has 0 spiro atoms. The molecule has 28 heavy (non-hydrogen) atoms. The van der Waals surface area contributed by atoms with Crippen LogP contribution in [-0.4, -0.2) is 35.3 Å². The van der Waals surface area contributed by atoms with Crippen LogP contribution in [0.3, 0.4) is 0 Å². The number of aliphatic imine (C=N–C) groups is 1. The van der Waals surface area contributed by atoms with E-state index in [1.807, 2.05) is 24.3 Å². The number of fused-ring (bicyclic) bond motifs is 5. The Bertz CT molecular complexity index is 1130. The molecule has 5 rings (SSSR count). The molecule has 0 aromatic heterocycles. The molecule has 2 aromatic carbocycles. The van der Waals surface area contributed by atoms with E-state index in [1.165, 1.54) is 0 Å². The molecule has 1 aliphatic heterocycles. The number of ketones is 2. The molecule has 0 radical (unpaired) electrons. The second kappa shape index (κ2) is 6.56. The molecular formula is C22H15BrN2O3. The highest BCUT2D eigenvalue weighted by Gasteiger charge is 2.37. The highest BCUT2D eigenvalue weighted by molar-refractivity contribution is 9.09. The molecule has 0 bridgehead atoms. The fraction of sp³-hybridized carbons (Fsp3) is 0.136. The van der Waals surface area contributed by atoms with Crippen LogP contribution in [0.2, 0.25) is 0 Å². The van der Waals surface area contributed by atoms with Crippen LogP contribution in [0.4, 0.5) is 11.4 Å². The van der Waals surface area contributed by atoms with Crippen LogP contribution in [0.15, 0.2) is 59.6 Å². The van der Waals surface area contributed by atoms with Crippen LogP contribution in [0.5, 0.6) is 5.75 Å². The third-order valence-electron chi connectivity index (χ3n) is 5.00. The standard InChI is InChI=1S/C22H15BrN2O3/c23-9-10-24-15-11-17-20(25-14-7-3-4-8-16(14)28-17)19-18(15)21(26)12-5-1-2-6-13(12)22(19)27/h1-8,11,16,24H,9-10H2. The lowest BCUT2D eigenvalue weighted by atomic mass is 9.81. The molecule has 0 saturated carbocycles. The average Bonchev–Trinajstić information content (AvgIpc) is 2.73. The first-order chi connectivity index (χ1) is 13.7. The van der Waals surface area contributed by atoms with Crippen molar-refractivity contribution in [3.8, 4) is 5.75 Å². The zero-order valence-electron chi connectivity index (χ0n) is 14.7. The number of hydrogen-bond donors (Lipinski definition) is 1. The number of anilines is 1. The fourth-order valence-corrected chi connectivity index (χ4v) is 3.95. The Morgan fingerprint density at radius 1 is 1.07 bits per heavy atom. The molecule has 1 heterocycles. The summed E-state index contributed by atoms with van der Waals surface area (Å²) in [5, 5.41) is 3.95. The number of nitrogens with zero attached hydrogens (tertiary/aromatic N) is 1. The third-order valence-corrected chi connectivity index (χ3v) is 5.39. The summed E-state index contributed by atoms with van der Waals surface area (Å²) in [4.78, 5) is 31.4. The van der Waals surface area contributed by atoms with E-state index in [-0.39, 0.29) is 17.7 Å². The number of hydrogen-bond acceptors (Lipinski definition) is 5. The lowest BCUT2D eigenvalue weighted by Crippen LogP contribution is -2.30. The number of halogens is 1. The average molecular weight is 435 g/mol. The summed E-state index contributed by atoms with van der Waals surface area (Å²) < 4.78 is 6.11. The number of allylic oxidation sites excluding steroid dienone is 2. The van der Waals surface area contributed by atoms with Crippen molar-refractivity contribution < 1.29 is 14.3 Å². The van der Waals surface area contributed by atoms with Gasteiger partial charge < -0.3 is 10.1 Å². The van der Waals surface area contributed by atoms with Gasteiger partial charge in [-0.15, -0.1) is 0 Å². The van der Waals surface area contributed by atoms with Crippen molar-refractivity contribution in [2.24, 2.45) is 4.99 Å². The zero-order valence-corrected chi connectivity index (χ0v) is 16.3. The Hall–Kier alpha value is -2.99. The van der Waals surface area contributed by atoms with E-state index in [0.29, 0.717) is 51.3 Å². The van der Waals surface area contributed by atoms with Gasteiger partial charge in [0.2, 0.25) is 0 Å². The first kappa shape index (κ1) is 17.1. The Morgan fingerprint density at radius 3 is 2.57 bits per heavy atom. The topological polar surface area (TPSA) is 67.8 Å². The Labute approximate surface area is 169 Å². The summed E-state index contributed by atoms with van der Waals surface area (Å²) in [6.45, 7) is 0.606. The molecule has 1 unspecified atom stereocenters. The van der Waals surface area contributed by atoms with Crippen molar-refractivity contribution in [2.75, 3.05) is 17.2 Å². The summed E-state index contributed by atoms with van der Waals surface area (Å²) in [6.07, 6.45) is 7.27. The highest BCUT2D eigenvalue weighted by atomic mass is 79.9. The number of rotatable bonds is 3. The number of benzene rings is 2. The van der Waals surface area contributed by atoms with E-state index < -0.39 is 0 Å². The lowest BCUT2D eigenvalue weighted by molar-refractivity contribution is 0.0979. The first-order valence-electron chi connectivity index (χ1n) is 8.98. The number of nitrogens with one attached hydrogen (secondary N) is 1. The van der Waals surface area contributed by atoms with Crippen molar-refractivity contribution in [1.82, 2.24) is 0 Å². The van der Waals surface area contributed by atoms with Gasteiger partial charge in [-0.2, -0.15) is 0 Å². The molecule has 1 N–H and O–H groups in total. The molecule has 5 nitrogen and oxygen atoms in total. The summed E-state index contributed by atoms with van der Waals surface area (Å²) in [5.74, 6) is 0.127. The minimum Gasteiger partial charge on any atom is -0.478 e. The lowest BCUT2D eigenvalue weighted by Gasteiger charge is -2.29. The van der Waals surface area contributed by atoms with Gasteiger partial charge in [-0.05, 0) is 12.2 Å². The summed E-state index contributed by atoms with van der Waals surface area (Å²) in [6, 6.07) is 8.70. The predicted octanol–water partition coefficient (Wildman–Crippen LogP) is 4.23. The van der Waals surface area contributed by atoms with E-state index in [9.17, 15) is 9.59 Å². The van der Waals surface area contributed by atoms with Crippen LogP contribution >= 0.6 is 15.9 Å². The second-order valence-corrected chi connectivity index (χ2v) is 7.45. The van der Waals surface area contributed by atoms with Crippen LogP contribution < -0.4 is 10.1 Å². The number of carbonyl (C=O) groups excluding carboxylic acids is 2. The predicted molar refractivity (Wildman–Crippen MR) is 112 cm³/mol. The fourth-order valence-electron chi connectivity index (χ4n) is 3.75. The monoisotopic (exact) mass is 434 g/mol. The van der Waals surface area contributed by atoms with Gasteiger partial charge in [0.15, 0.2) is 17.7 Å². The van der Waals surface area contributed by atoms with Gasteiger partial charge in [-0.3, -0.25) is 9.59 Å². The molecule has 0 saturated heterocycles. The maximum Gasteiger partial charge on any atom is 0.196 e.